The van der Waals surface area contributed by atoms with Crippen molar-refractivity contribution < 1.29 is 9.90 Å². The van der Waals surface area contributed by atoms with Crippen molar-refractivity contribution in [2.45, 2.75) is 32.4 Å². The predicted octanol–water partition coefficient (Wildman–Crippen LogP) is 2.39. The van der Waals surface area contributed by atoms with Crippen LogP contribution in [0.25, 0.3) is 11.1 Å². The van der Waals surface area contributed by atoms with Crippen LogP contribution in [0, 0.1) is 0 Å². The molecule has 2 aromatic rings. The maximum atomic E-state index is 11.4. The van der Waals surface area contributed by atoms with Gasteiger partial charge in [0.1, 0.15) is 5.54 Å². The topological polar surface area (TPSA) is 67.2 Å². The summed E-state index contributed by atoms with van der Waals surface area (Å²) in [6.45, 7) is 4.79. The highest BCUT2D eigenvalue weighted by Crippen LogP contribution is 2.18. The van der Waals surface area contributed by atoms with Gasteiger partial charge in [-0.15, -0.1) is 0 Å². The molecule has 0 saturated heterocycles. The molecule has 0 fully saturated rings. The fourth-order valence-corrected chi connectivity index (χ4v) is 2.26. The van der Waals surface area contributed by atoms with E-state index in [9.17, 15) is 9.90 Å². The first-order valence-electron chi connectivity index (χ1n) is 7.11. The Morgan fingerprint density at radius 2 is 2.05 bits per heavy atom. The maximum Gasteiger partial charge on any atom is 0.323 e. The van der Waals surface area contributed by atoms with Gasteiger partial charge in [-0.25, -0.2) is 0 Å². The van der Waals surface area contributed by atoms with Gasteiger partial charge in [-0.1, -0.05) is 37.3 Å². The second-order valence-corrected chi connectivity index (χ2v) is 5.28. The van der Waals surface area contributed by atoms with Gasteiger partial charge in [0.25, 0.3) is 0 Å². The van der Waals surface area contributed by atoms with Crippen molar-refractivity contribution in [3.63, 3.8) is 0 Å². The summed E-state index contributed by atoms with van der Waals surface area (Å²) in [6.07, 6.45) is 4.23. The van der Waals surface area contributed by atoms with Gasteiger partial charge in [0.2, 0.25) is 0 Å². The van der Waals surface area contributed by atoms with E-state index in [1.807, 2.05) is 43.5 Å². The van der Waals surface area contributed by atoms with Gasteiger partial charge in [-0.2, -0.15) is 5.10 Å². The van der Waals surface area contributed by atoms with E-state index in [2.05, 4.69) is 10.4 Å². The second kappa shape index (κ2) is 6.54. The van der Waals surface area contributed by atoms with E-state index in [0.717, 1.165) is 11.1 Å². The highest BCUT2D eigenvalue weighted by Gasteiger charge is 2.31. The van der Waals surface area contributed by atoms with Crippen LogP contribution in [0.1, 0.15) is 20.3 Å². The summed E-state index contributed by atoms with van der Waals surface area (Å²) in [4.78, 5) is 11.4. The molecule has 0 amide bonds. The minimum atomic E-state index is -0.923. The lowest BCUT2D eigenvalue weighted by atomic mass is 9.98. The van der Waals surface area contributed by atoms with E-state index in [-0.39, 0.29) is 0 Å². The van der Waals surface area contributed by atoms with Crippen LogP contribution >= 0.6 is 0 Å². The third kappa shape index (κ3) is 3.70. The molecule has 1 aromatic heterocycles. The smallest absolute Gasteiger partial charge is 0.323 e. The lowest BCUT2D eigenvalue weighted by molar-refractivity contribution is -0.144. The standard InChI is InChI=1S/C16H21N3O2/c1-3-17-16(2,15(20)21)9-10-19-12-14(11-18-19)13-7-5-4-6-8-13/h4-8,11-12,17H,3,9-10H2,1-2H3,(H,20,21). The number of rotatable bonds is 7. The van der Waals surface area contributed by atoms with Crippen LogP contribution in [0.4, 0.5) is 0 Å². The molecule has 5 heteroatoms. The second-order valence-electron chi connectivity index (χ2n) is 5.28. The molecule has 0 saturated carbocycles. The van der Waals surface area contributed by atoms with E-state index >= 15 is 0 Å². The van der Waals surface area contributed by atoms with Crippen molar-refractivity contribution in [3.05, 3.63) is 42.7 Å². The van der Waals surface area contributed by atoms with Gasteiger partial charge < -0.3 is 10.4 Å². The normalized spacial score (nSPS) is 13.8. The Bertz CT molecular complexity index is 595. The van der Waals surface area contributed by atoms with Crippen molar-refractivity contribution >= 4 is 5.97 Å². The number of hydrogen-bond donors (Lipinski definition) is 2. The highest BCUT2D eigenvalue weighted by atomic mass is 16.4. The molecule has 0 aliphatic rings. The van der Waals surface area contributed by atoms with Crippen LogP contribution in [-0.4, -0.2) is 32.9 Å². The quantitative estimate of drug-likeness (QED) is 0.820. The number of carboxylic acid groups (broad SMARTS) is 1. The minimum Gasteiger partial charge on any atom is -0.480 e. The van der Waals surface area contributed by atoms with Crippen molar-refractivity contribution in [3.8, 4) is 11.1 Å². The molecule has 21 heavy (non-hydrogen) atoms. The molecule has 2 N–H and O–H groups in total. The van der Waals surface area contributed by atoms with E-state index in [1.165, 1.54) is 0 Å². The summed E-state index contributed by atoms with van der Waals surface area (Å²) < 4.78 is 1.79. The summed E-state index contributed by atoms with van der Waals surface area (Å²) >= 11 is 0. The van der Waals surface area contributed by atoms with Gasteiger partial charge in [0.05, 0.1) is 6.20 Å². The predicted molar refractivity (Wildman–Crippen MR) is 82.0 cm³/mol. The first kappa shape index (κ1) is 15.3. The summed E-state index contributed by atoms with van der Waals surface area (Å²) in [6, 6.07) is 10.0. The molecule has 0 spiro atoms. The van der Waals surface area contributed by atoms with Gasteiger partial charge in [0, 0.05) is 18.3 Å². The largest absolute Gasteiger partial charge is 0.480 e. The van der Waals surface area contributed by atoms with E-state index in [4.69, 9.17) is 0 Å². The number of nitrogens with one attached hydrogen (secondary N) is 1. The number of carboxylic acids is 1. The van der Waals surface area contributed by atoms with Gasteiger partial charge in [-0.3, -0.25) is 9.48 Å². The molecule has 0 radical (unpaired) electrons. The van der Waals surface area contributed by atoms with Crippen LogP contribution in [0.2, 0.25) is 0 Å². The third-order valence-electron chi connectivity index (χ3n) is 3.62. The number of benzene rings is 1. The Balaban J connectivity index is 2.04. The molecule has 1 unspecified atom stereocenters. The van der Waals surface area contributed by atoms with Crippen molar-refractivity contribution in [1.82, 2.24) is 15.1 Å². The van der Waals surface area contributed by atoms with Gasteiger partial charge in [-0.05, 0) is 25.5 Å². The summed E-state index contributed by atoms with van der Waals surface area (Å²) in [5, 5.41) is 16.7. The lowest BCUT2D eigenvalue weighted by Crippen LogP contribution is -2.50. The average Bonchev–Trinajstić information content (AvgIpc) is 2.95. The Labute approximate surface area is 124 Å². The fourth-order valence-electron chi connectivity index (χ4n) is 2.26. The Morgan fingerprint density at radius 3 is 2.67 bits per heavy atom. The lowest BCUT2D eigenvalue weighted by Gasteiger charge is -2.25. The zero-order valence-corrected chi connectivity index (χ0v) is 12.4. The first-order valence-corrected chi connectivity index (χ1v) is 7.11. The summed E-state index contributed by atoms with van der Waals surface area (Å²) in [7, 11) is 0. The zero-order chi connectivity index (χ0) is 15.3. The molecule has 1 aromatic carbocycles. The first-order chi connectivity index (χ1) is 10.0. The minimum absolute atomic E-state index is 0.478. The molecule has 1 heterocycles. The third-order valence-corrected chi connectivity index (χ3v) is 3.62. The Kier molecular flexibility index (Phi) is 4.75. The molecule has 2 rings (SSSR count). The summed E-state index contributed by atoms with van der Waals surface area (Å²) in [5.41, 5.74) is 1.22. The number of likely N-dealkylation sites (N-methyl/N-ethyl adjacent to an activating group) is 1. The zero-order valence-electron chi connectivity index (χ0n) is 12.4. The van der Waals surface area contributed by atoms with Crippen LogP contribution in [0.5, 0.6) is 0 Å². The molecule has 0 aliphatic carbocycles. The molecule has 0 aliphatic heterocycles. The van der Waals surface area contributed by atoms with Crippen LogP contribution in [-0.2, 0) is 11.3 Å². The van der Waals surface area contributed by atoms with Crippen LogP contribution in [0.15, 0.2) is 42.7 Å². The molecular weight excluding hydrogens is 266 g/mol. The van der Waals surface area contributed by atoms with E-state index in [1.54, 1.807) is 17.8 Å². The number of aliphatic carboxylic acids is 1. The van der Waals surface area contributed by atoms with Gasteiger partial charge >= 0.3 is 5.97 Å². The van der Waals surface area contributed by atoms with Crippen LogP contribution < -0.4 is 5.32 Å². The number of aryl methyl sites for hydroxylation is 1. The van der Waals surface area contributed by atoms with Crippen molar-refractivity contribution in [2.24, 2.45) is 0 Å². The number of hydrogen-bond acceptors (Lipinski definition) is 3. The average molecular weight is 287 g/mol. The number of aromatic nitrogens is 2. The maximum absolute atomic E-state index is 11.4. The molecule has 112 valence electrons. The highest BCUT2D eigenvalue weighted by molar-refractivity contribution is 5.78. The van der Waals surface area contributed by atoms with E-state index < -0.39 is 11.5 Å². The number of carbonyl (C=O) groups is 1. The molecule has 5 nitrogen and oxygen atoms in total. The Hall–Kier alpha value is -2.14. The molecule has 1 atom stereocenters. The monoisotopic (exact) mass is 287 g/mol. The Morgan fingerprint density at radius 1 is 1.33 bits per heavy atom. The van der Waals surface area contributed by atoms with E-state index in [0.29, 0.717) is 19.5 Å². The van der Waals surface area contributed by atoms with Crippen molar-refractivity contribution in [1.29, 1.82) is 0 Å². The SMILES string of the molecule is CCNC(C)(CCn1cc(-c2ccccc2)cn1)C(=O)O. The van der Waals surface area contributed by atoms with Crippen molar-refractivity contribution in [2.75, 3.05) is 6.54 Å². The van der Waals surface area contributed by atoms with Crippen LogP contribution in [0.3, 0.4) is 0 Å². The number of nitrogens with zero attached hydrogens (tertiary/aromatic N) is 2. The molecule has 0 bridgehead atoms. The van der Waals surface area contributed by atoms with Gasteiger partial charge in [0.15, 0.2) is 0 Å². The fraction of sp³-hybridized carbons (Fsp3) is 0.375. The summed E-state index contributed by atoms with van der Waals surface area (Å²) in [5.74, 6) is -0.834. The molecular formula is C16H21N3O2.